The summed E-state index contributed by atoms with van der Waals surface area (Å²) in [5, 5.41) is 0. The summed E-state index contributed by atoms with van der Waals surface area (Å²) in [7, 11) is 2.17. The second-order valence-corrected chi connectivity index (χ2v) is 6.36. The van der Waals surface area contributed by atoms with Gasteiger partial charge in [-0.2, -0.15) is 0 Å². The highest BCUT2D eigenvalue weighted by Crippen LogP contribution is 2.33. The summed E-state index contributed by atoms with van der Waals surface area (Å²) < 4.78 is 5.92. The largest absolute Gasteiger partial charge is 0.493 e. The smallest absolute Gasteiger partial charge is 0.178 e. The van der Waals surface area contributed by atoms with E-state index in [9.17, 15) is 0 Å². The van der Waals surface area contributed by atoms with Crippen LogP contribution in [0.3, 0.4) is 0 Å². The molecule has 0 saturated carbocycles. The molecule has 1 aliphatic rings. The third kappa shape index (κ3) is 4.46. The van der Waals surface area contributed by atoms with Crippen molar-refractivity contribution in [2.45, 2.75) is 6.92 Å². The normalized spacial score (nSPS) is 14.5. The lowest BCUT2D eigenvalue weighted by molar-refractivity contribution is 0.312. The summed E-state index contributed by atoms with van der Waals surface area (Å²) >= 11 is 0. The third-order valence-electron chi connectivity index (χ3n) is 4.65. The SMILES string of the molecule is CCOc1cc(N2CCN(C)CC2)ccc1-c1nc2ncccc2[nH]1.Cl.Cl. The third-order valence-corrected chi connectivity index (χ3v) is 4.65. The molecule has 0 unspecified atom stereocenters. The van der Waals surface area contributed by atoms with Gasteiger partial charge in [-0.25, -0.2) is 9.97 Å². The Morgan fingerprint density at radius 1 is 1.11 bits per heavy atom. The van der Waals surface area contributed by atoms with Crippen molar-refractivity contribution in [1.29, 1.82) is 0 Å². The molecule has 1 N–H and O–H groups in total. The van der Waals surface area contributed by atoms with Crippen LogP contribution in [-0.4, -0.2) is 59.7 Å². The number of nitrogens with zero attached hydrogens (tertiary/aromatic N) is 4. The molecule has 0 amide bonds. The van der Waals surface area contributed by atoms with E-state index in [2.05, 4.69) is 50.0 Å². The van der Waals surface area contributed by atoms with Crippen molar-refractivity contribution < 1.29 is 4.74 Å². The molecule has 3 heterocycles. The minimum absolute atomic E-state index is 0. The number of H-pyrrole nitrogens is 1. The van der Waals surface area contributed by atoms with E-state index in [1.165, 1.54) is 5.69 Å². The molecule has 1 fully saturated rings. The Kier molecular flexibility index (Phi) is 7.30. The molecule has 27 heavy (non-hydrogen) atoms. The zero-order valence-electron chi connectivity index (χ0n) is 15.5. The maximum Gasteiger partial charge on any atom is 0.178 e. The summed E-state index contributed by atoms with van der Waals surface area (Å²) in [5.74, 6) is 1.65. The van der Waals surface area contributed by atoms with Gasteiger partial charge in [0.2, 0.25) is 0 Å². The second-order valence-electron chi connectivity index (χ2n) is 6.36. The van der Waals surface area contributed by atoms with Crippen LogP contribution in [0.25, 0.3) is 22.6 Å². The average molecular weight is 410 g/mol. The van der Waals surface area contributed by atoms with E-state index >= 15 is 0 Å². The van der Waals surface area contributed by atoms with Gasteiger partial charge in [0.05, 0.1) is 17.7 Å². The molecule has 1 aliphatic heterocycles. The molecule has 0 aliphatic carbocycles. The van der Waals surface area contributed by atoms with Crippen molar-refractivity contribution in [3.63, 3.8) is 0 Å². The minimum atomic E-state index is 0. The second kappa shape index (κ2) is 9.26. The number of nitrogens with one attached hydrogen (secondary N) is 1. The number of pyridine rings is 1. The predicted octanol–water partition coefficient (Wildman–Crippen LogP) is 3.62. The summed E-state index contributed by atoms with van der Waals surface area (Å²) in [5.41, 5.74) is 3.83. The number of aromatic amines is 1. The molecule has 1 saturated heterocycles. The summed E-state index contributed by atoms with van der Waals surface area (Å²) in [6, 6.07) is 10.3. The Morgan fingerprint density at radius 2 is 1.89 bits per heavy atom. The zero-order valence-corrected chi connectivity index (χ0v) is 17.1. The summed E-state index contributed by atoms with van der Waals surface area (Å²) in [4.78, 5) is 17.0. The Bertz CT molecular complexity index is 844. The number of aromatic nitrogens is 3. The molecule has 3 aromatic rings. The number of halogens is 2. The predicted molar refractivity (Wildman–Crippen MR) is 115 cm³/mol. The molecule has 0 radical (unpaired) electrons. The topological polar surface area (TPSA) is 57.3 Å². The molecule has 1 aromatic carbocycles. The Hall–Kier alpha value is -2.02. The van der Waals surface area contributed by atoms with Crippen LogP contribution in [-0.2, 0) is 0 Å². The highest BCUT2D eigenvalue weighted by atomic mass is 35.5. The van der Waals surface area contributed by atoms with Gasteiger partial charge in [0.25, 0.3) is 0 Å². The lowest BCUT2D eigenvalue weighted by Gasteiger charge is -2.34. The number of fused-ring (bicyclic) bond motifs is 1. The first-order valence-corrected chi connectivity index (χ1v) is 8.76. The molecule has 4 rings (SSSR count). The van der Waals surface area contributed by atoms with Gasteiger partial charge in [-0.05, 0) is 38.2 Å². The van der Waals surface area contributed by atoms with E-state index < -0.39 is 0 Å². The molecule has 146 valence electrons. The monoisotopic (exact) mass is 409 g/mol. The number of imidazole rings is 1. The number of benzene rings is 1. The van der Waals surface area contributed by atoms with Crippen LogP contribution in [0.5, 0.6) is 5.75 Å². The van der Waals surface area contributed by atoms with Crippen LogP contribution in [0.1, 0.15) is 6.92 Å². The van der Waals surface area contributed by atoms with Gasteiger partial charge in [0.15, 0.2) is 5.65 Å². The quantitative estimate of drug-likeness (QED) is 0.712. The van der Waals surface area contributed by atoms with E-state index in [-0.39, 0.29) is 24.8 Å². The molecular weight excluding hydrogens is 385 g/mol. The van der Waals surface area contributed by atoms with E-state index in [0.717, 1.165) is 54.5 Å². The first-order chi connectivity index (χ1) is 12.2. The lowest BCUT2D eigenvalue weighted by Crippen LogP contribution is -2.44. The number of anilines is 1. The van der Waals surface area contributed by atoms with Crippen LogP contribution in [0.4, 0.5) is 5.69 Å². The molecule has 6 nitrogen and oxygen atoms in total. The van der Waals surface area contributed by atoms with Crippen molar-refractivity contribution in [2.75, 3.05) is 44.7 Å². The fourth-order valence-electron chi connectivity index (χ4n) is 3.22. The van der Waals surface area contributed by atoms with Gasteiger partial charge in [-0.1, -0.05) is 0 Å². The highest BCUT2D eigenvalue weighted by molar-refractivity contribution is 5.85. The fourth-order valence-corrected chi connectivity index (χ4v) is 3.22. The van der Waals surface area contributed by atoms with Gasteiger partial charge in [0, 0.05) is 44.1 Å². The molecule has 0 spiro atoms. The van der Waals surface area contributed by atoms with Crippen LogP contribution in [0.15, 0.2) is 36.5 Å². The zero-order chi connectivity index (χ0) is 17.2. The van der Waals surface area contributed by atoms with Crippen LogP contribution < -0.4 is 9.64 Å². The first kappa shape index (κ1) is 21.3. The van der Waals surface area contributed by atoms with Crippen molar-refractivity contribution in [2.24, 2.45) is 0 Å². The van der Waals surface area contributed by atoms with Crippen LogP contribution in [0.2, 0.25) is 0 Å². The fraction of sp³-hybridized carbons (Fsp3) is 0.368. The van der Waals surface area contributed by atoms with Gasteiger partial charge >= 0.3 is 0 Å². The Morgan fingerprint density at radius 3 is 2.59 bits per heavy atom. The number of hydrogen-bond acceptors (Lipinski definition) is 5. The Labute approximate surface area is 171 Å². The lowest BCUT2D eigenvalue weighted by atomic mass is 10.1. The molecule has 2 aromatic heterocycles. The van der Waals surface area contributed by atoms with Gasteiger partial charge in [-0.15, -0.1) is 24.8 Å². The van der Waals surface area contributed by atoms with Crippen LogP contribution in [0, 0.1) is 0 Å². The van der Waals surface area contributed by atoms with Gasteiger partial charge in [0.1, 0.15) is 11.6 Å². The minimum Gasteiger partial charge on any atom is -0.493 e. The molecular formula is C19H25Cl2N5O. The van der Waals surface area contributed by atoms with E-state index in [1.807, 2.05) is 19.1 Å². The van der Waals surface area contributed by atoms with E-state index in [0.29, 0.717) is 6.61 Å². The van der Waals surface area contributed by atoms with E-state index in [4.69, 9.17) is 4.74 Å². The first-order valence-electron chi connectivity index (χ1n) is 8.76. The van der Waals surface area contributed by atoms with Gasteiger partial charge in [-0.3, -0.25) is 0 Å². The number of rotatable bonds is 4. The average Bonchev–Trinajstić information content (AvgIpc) is 3.06. The maximum absolute atomic E-state index is 5.92. The van der Waals surface area contributed by atoms with Crippen molar-refractivity contribution in [3.8, 4) is 17.1 Å². The summed E-state index contributed by atoms with van der Waals surface area (Å²) in [6.07, 6.45) is 1.76. The Balaban J connectivity index is 0.00000131. The molecule has 0 bridgehead atoms. The summed E-state index contributed by atoms with van der Waals surface area (Å²) in [6.45, 7) is 6.87. The van der Waals surface area contributed by atoms with Gasteiger partial charge < -0.3 is 19.5 Å². The number of piperazine rings is 1. The standard InChI is InChI=1S/C19H23N5O.2ClH/c1-3-25-17-13-14(24-11-9-23(2)10-12-24)6-7-15(17)18-21-16-5-4-8-20-19(16)22-18;;/h4-8,13H,3,9-12H2,1-2H3,(H,20,21,22);2*1H. The van der Waals surface area contributed by atoms with Crippen molar-refractivity contribution >= 4 is 41.7 Å². The number of ether oxygens (including phenoxy) is 1. The van der Waals surface area contributed by atoms with Crippen molar-refractivity contribution in [3.05, 3.63) is 36.5 Å². The maximum atomic E-state index is 5.92. The van der Waals surface area contributed by atoms with Crippen LogP contribution >= 0.6 is 24.8 Å². The number of likely N-dealkylation sites (N-methyl/N-ethyl adjacent to an activating group) is 1. The number of hydrogen-bond donors (Lipinski definition) is 1. The van der Waals surface area contributed by atoms with Crippen molar-refractivity contribution in [1.82, 2.24) is 19.9 Å². The van der Waals surface area contributed by atoms with E-state index in [1.54, 1.807) is 6.20 Å². The highest BCUT2D eigenvalue weighted by Gasteiger charge is 2.17. The molecule has 8 heteroatoms. The molecule has 0 atom stereocenters.